The van der Waals surface area contributed by atoms with Crippen LogP contribution in [0.2, 0.25) is 0 Å². The van der Waals surface area contributed by atoms with Crippen molar-refractivity contribution in [2.45, 2.75) is 39.2 Å². The maximum absolute atomic E-state index is 5.40. The lowest BCUT2D eigenvalue weighted by Crippen LogP contribution is -2.37. The summed E-state index contributed by atoms with van der Waals surface area (Å²) in [6.07, 6.45) is 4.09. The van der Waals surface area contributed by atoms with Crippen molar-refractivity contribution in [2.24, 2.45) is 5.41 Å². The standard InChI is InChI=1S/C12H25NOS/c1-4-12(5-2,10-15)9-13-7-6-11(8-13)14-3/h11,15H,4-10H2,1-3H3. The molecule has 15 heavy (non-hydrogen) atoms. The Bertz CT molecular complexity index is 174. The average Bonchev–Trinajstić information content (AvgIpc) is 2.73. The second-order valence-electron chi connectivity index (χ2n) is 4.75. The summed E-state index contributed by atoms with van der Waals surface area (Å²) >= 11 is 4.52. The molecule has 3 heteroatoms. The van der Waals surface area contributed by atoms with Crippen molar-refractivity contribution in [3.05, 3.63) is 0 Å². The molecule has 0 aromatic carbocycles. The SMILES string of the molecule is CCC(CC)(CS)CN1CCC(OC)C1. The molecule has 90 valence electrons. The van der Waals surface area contributed by atoms with Crippen LogP contribution in [0.3, 0.4) is 0 Å². The van der Waals surface area contributed by atoms with E-state index in [-0.39, 0.29) is 0 Å². The van der Waals surface area contributed by atoms with Crippen LogP contribution < -0.4 is 0 Å². The third-order valence-electron chi connectivity index (χ3n) is 3.96. The van der Waals surface area contributed by atoms with E-state index in [2.05, 4.69) is 31.4 Å². The Morgan fingerprint density at radius 2 is 2.07 bits per heavy atom. The quantitative estimate of drug-likeness (QED) is 0.705. The highest BCUT2D eigenvalue weighted by molar-refractivity contribution is 7.80. The third kappa shape index (κ3) is 3.36. The molecule has 0 spiro atoms. The van der Waals surface area contributed by atoms with E-state index in [1.165, 1.54) is 32.4 Å². The largest absolute Gasteiger partial charge is 0.380 e. The summed E-state index contributed by atoms with van der Waals surface area (Å²) in [7, 11) is 1.82. The van der Waals surface area contributed by atoms with Crippen molar-refractivity contribution in [1.29, 1.82) is 0 Å². The van der Waals surface area contributed by atoms with Crippen molar-refractivity contribution in [3.8, 4) is 0 Å². The van der Waals surface area contributed by atoms with Gasteiger partial charge in [0.1, 0.15) is 0 Å². The van der Waals surface area contributed by atoms with Crippen molar-refractivity contribution < 1.29 is 4.74 Å². The molecule has 0 aliphatic carbocycles. The fourth-order valence-corrected chi connectivity index (χ4v) is 2.90. The molecular weight excluding hydrogens is 206 g/mol. The van der Waals surface area contributed by atoms with E-state index < -0.39 is 0 Å². The van der Waals surface area contributed by atoms with Gasteiger partial charge in [0.25, 0.3) is 0 Å². The second-order valence-corrected chi connectivity index (χ2v) is 5.06. The average molecular weight is 231 g/mol. The molecule has 1 saturated heterocycles. The number of rotatable bonds is 6. The highest BCUT2D eigenvalue weighted by Gasteiger charge is 2.31. The molecule has 0 bridgehead atoms. The van der Waals surface area contributed by atoms with Crippen LogP contribution in [-0.4, -0.2) is 43.5 Å². The zero-order valence-corrected chi connectivity index (χ0v) is 11.2. The lowest BCUT2D eigenvalue weighted by molar-refractivity contribution is 0.0984. The molecule has 1 fully saturated rings. The van der Waals surface area contributed by atoms with Gasteiger partial charge >= 0.3 is 0 Å². The minimum atomic E-state index is 0.408. The summed E-state index contributed by atoms with van der Waals surface area (Å²) in [5, 5.41) is 0. The van der Waals surface area contributed by atoms with Crippen LogP contribution in [0.25, 0.3) is 0 Å². The molecule has 1 heterocycles. The highest BCUT2D eigenvalue weighted by atomic mass is 32.1. The predicted octanol–water partition coefficient (Wildman–Crippen LogP) is 2.44. The molecule has 2 nitrogen and oxygen atoms in total. The molecule has 0 N–H and O–H groups in total. The molecule has 1 aliphatic heterocycles. The summed E-state index contributed by atoms with van der Waals surface area (Å²) in [6.45, 7) is 8.04. The van der Waals surface area contributed by atoms with Crippen molar-refractivity contribution in [2.75, 3.05) is 32.5 Å². The van der Waals surface area contributed by atoms with Crippen molar-refractivity contribution >= 4 is 12.6 Å². The Hall–Kier alpha value is 0.270. The Labute approximate surface area is 99.8 Å². The fraction of sp³-hybridized carbons (Fsp3) is 1.00. The van der Waals surface area contributed by atoms with Crippen molar-refractivity contribution in [1.82, 2.24) is 4.90 Å². The van der Waals surface area contributed by atoms with Crippen LogP contribution in [0, 0.1) is 5.41 Å². The minimum Gasteiger partial charge on any atom is -0.380 e. The van der Waals surface area contributed by atoms with Gasteiger partial charge in [0, 0.05) is 26.7 Å². The third-order valence-corrected chi connectivity index (χ3v) is 4.63. The van der Waals surface area contributed by atoms with Gasteiger partial charge in [0.2, 0.25) is 0 Å². The van der Waals surface area contributed by atoms with E-state index >= 15 is 0 Å². The van der Waals surface area contributed by atoms with Crippen LogP contribution in [0.4, 0.5) is 0 Å². The zero-order valence-electron chi connectivity index (χ0n) is 10.3. The minimum absolute atomic E-state index is 0.408. The van der Waals surface area contributed by atoms with E-state index in [9.17, 15) is 0 Å². The molecular formula is C12H25NOS. The van der Waals surface area contributed by atoms with Crippen LogP contribution in [0.1, 0.15) is 33.1 Å². The summed E-state index contributed by atoms with van der Waals surface area (Å²) < 4.78 is 5.40. The zero-order chi connectivity index (χ0) is 11.3. The number of methoxy groups -OCH3 is 1. The first-order chi connectivity index (χ1) is 7.19. The topological polar surface area (TPSA) is 12.5 Å². The van der Waals surface area contributed by atoms with Crippen molar-refractivity contribution in [3.63, 3.8) is 0 Å². The van der Waals surface area contributed by atoms with E-state index in [0.29, 0.717) is 11.5 Å². The number of thiol groups is 1. The molecule has 1 rings (SSSR count). The molecule has 0 saturated carbocycles. The Morgan fingerprint density at radius 3 is 2.47 bits per heavy atom. The molecule has 0 aromatic rings. The van der Waals surface area contributed by atoms with E-state index in [0.717, 1.165) is 12.3 Å². The van der Waals surface area contributed by atoms with Crippen LogP contribution in [0.5, 0.6) is 0 Å². The lowest BCUT2D eigenvalue weighted by atomic mass is 9.84. The highest BCUT2D eigenvalue weighted by Crippen LogP contribution is 2.30. The molecule has 1 unspecified atom stereocenters. The molecule has 0 radical (unpaired) electrons. The fourth-order valence-electron chi connectivity index (χ4n) is 2.35. The van der Waals surface area contributed by atoms with Gasteiger partial charge in [0.05, 0.1) is 6.10 Å². The molecule has 0 aromatic heterocycles. The molecule has 1 aliphatic rings. The molecule has 1 atom stereocenters. The lowest BCUT2D eigenvalue weighted by Gasteiger charge is -2.34. The Morgan fingerprint density at radius 1 is 1.40 bits per heavy atom. The van der Waals surface area contributed by atoms with Gasteiger partial charge < -0.3 is 9.64 Å². The van der Waals surface area contributed by atoms with Crippen LogP contribution >= 0.6 is 12.6 Å². The van der Waals surface area contributed by atoms with Gasteiger partial charge in [-0.05, 0) is 30.4 Å². The van der Waals surface area contributed by atoms with Gasteiger partial charge in [0.15, 0.2) is 0 Å². The summed E-state index contributed by atoms with van der Waals surface area (Å²) in [5.74, 6) is 0.994. The second kappa shape index (κ2) is 6.12. The summed E-state index contributed by atoms with van der Waals surface area (Å²) in [5.41, 5.74) is 0.408. The van der Waals surface area contributed by atoms with E-state index in [1.54, 1.807) is 0 Å². The van der Waals surface area contributed by atoms with E-state index in [4.69, 9.17) is 4.74 Å². The monoisotopic (exact) mass is 231 g/mol. The number of likely N-dealkylation sites (tertiary alicyclic amines) is 1. The van der Waals surface area contributed by atoms with Gasteiger partial charge in [-0.25, -0.2) is 0 Å². The first-order valence-electron chi connectivity index (χ1n) is 6.05. The number of hydrogen-bond donors (Lipinski definition) is 1. The van der Waals surface area contributed by atoms with Crippen LogP contribution in [-0.2, 0) is 4.74 Å². The number of nitrogens with zero attached hydrogens (tertiary/aromatic N) is 1. The first kappa shape index (κ1) is 13.3. The summed E-state index contributed by atoms with van der Waals surface area (Å²) in [4.78, 5) is 2.54. The Kier molecular flexibility index (Phi) is 5.44. The summed E-state index contributed by atoms with van der Waals surface area (Å²) in [6, 6.07) is 0. The number of hydrogen-bond acceptors (Lipinski definition) is 3. The van der Waals surface area contributed by atoms with Gasteiger partial charge in [-0.15, -0.1) is 0 Å². The molecule has 0 amide bonds. The number of ether oxygens (including phenoxy) is 1. The first-order valence-corrected chi connectivity index (χ1v) is 6.69. The maximum Gasteiger partial charge on any atom is 0.0710 e. The normalized spacial score (nSPS) is 23.6. The smallest absolute Gasteiger partial charge is 0.0710 e. The van der Waals surface area contributed by atoms with Gasteiger partial charge in [-0.2, -0.15) is 12.6 Å². The van der Waals surface area contributed by atoms with Gasteiger partial charge in [-0.3, -0.25) is 0 Å². The maximum atomic E-state index is 5.40. The van der Waals surface area contributed by atoms with Gasteiger partial charge in [-0.1, -0.05) is 13.8 Å². The van der Waals surface area contributed by atoms with Crippen LogP contribution in [0.15, 0.2) is 0 Å². The van der Waals surface area contributed by atoms with E-state index in [1.807, 2.05) is 7.11 Å². The predicted molar refractivity (Wildman–Crippen MR) is 68.7 cm³/mol. The Balaban J connectivity index is 2.45.